The maximum Gasteiger partial charge on any atom is 0.251 e. The molecule has 1 aromatic carbocycles. The number of nitriles is 1. The summed E-state index contributed by atoms with van der Waals surface area (Å²) < 4.78 is 13.3. The van der Waals surface area contributed by atoms with E-state index in [0.29, 0.717) is 36.2 Å². The number of nitrogens with one attached hydrogen (secondary N) is 1. The van der Waals surface area contributed by atoms with Gasteiger partial charge >= 0.3 is 0 Å². The minimum atomic E-state index is -0.868. The van der Waals surface area contributed by atoms with Crippen LogP contribution in [0.2, 0.25) is 0 Å². The predicted octanol–water partition coefficient (Wildman–Crippen LogP) is 2.19. The summed E-state index contributed by atoms with van der Waals surface area (Å²) >= 11 is 0. The van der Waals surface area contributed by atoms with Crippen LogP contribution in [-0.4, -0.2) is 35.7 Å². The third-order valence-corrected chi connectivity index (χ3v) is 4.05. The zero-order valence-corrected chi connectivity index (χ0v) is 12.2. The number of hydrogen-bond acceptors (Lipinski definition) is 3. The minimum Gasteiger partial charge on any atom is -0.322 e. The monoisotopic (exact) mass is 298 g/mol. The molecule has 0 aliphatic carbocycles. The summed E-state index contributed by atoms with van der Waals surface area (Å²) in [5.41, 5.74) is 1.75. The molecule has 1 unspecified atom stereocenters. The van der Waals surface area contributed by atoms with Crippen molar-refractivity contribution in [1.82, 2.24) is 9.88 Å². The number of aromatic nitrogens is 1. The molecule has 4 nitrogen and oxygen atoms in total. The third kappa shape index (κ3) is 3.18. The normalized spacial score (nSPS) is 19.2. The van der Waals surface area contributed by atoms with Gasteiger partial charge in [-0.1, -0.05) is 6.07 Å². The second-order valence-corrected chi connectivity index (χ2v) is 5.63. The van der Waals surface area contributed by atoms with E-state index in [2.05, 4.69) is 11.1 Å². The molecule has 113 valence electrons. The van der Waals surface area contributed by atoms with Crippen LogP contribution in [0.3, 0.4) is 0 Å². The van der Waals surface area contributed by atoms with Crippen LogP contribution in [-0.2, 0) is 6.42 Å². The molecule has 1 aliphatic rings. The van der Waals surface area contributed by atoms with Crippen LogP contribution in [0.1, 0.15) is 17.5 Å². The van der Waals surface area contributed by atoms with Gasteiger partial charge in [0.25, 0.3) is 5.56 Å². The number of benzene rings is 1. The first-order chi connectivity index (χ1) is 10.7. The Morgan fingerprint density at radius 1 is 1.41 bits per heavy atom. The number of rotatable bonds is 3. The number of pyridine rings is 1. The molecule has 0 spiro atoms. The van der Waals surface area contributed by atoms with Crippen molar-refractivity contribution in [3.63, 3.8) is 0 Å². The van der Waals surface area contributed by atoms with Gasteiger partial charge in [0.15, 0.2) is 0 Å². The van der Waals surface area contributed by atoms with E-state index in [1.807, 2.05) is 17.0 Å². The molecule has 1 atom stereocenters. The molecule has 2 aromatic rings. The van der Waals surface area contributed by atoms with Gasteiger partial charge in [-0.15, -0.1) is 0 Å². The molecule has 0 bridgehead atoms. The summed E-state index contributed by atoms with van der Waals surface area (Å²) in [6, 6.07) is 9.16. The number of piperidine rings is 1. The molecule has 1 fully saturated rings. The third-order valence-electron chi connectivity index (χ3n) is 4.05. The first-order valence-corrected chi connectivity index (χ1v) is 7.41. The standard InChI is InChI=1S/C17H17FN3O/c18-15-2-1-6-21(11-15)7-5-14-9-13-4-3-12(10-19)8-16(13)20-17(14)22/h2-4,8-9,15H,1,5-7,11H2,(H,20,22). The highest BCUT2D eigenvalue weighted by molar-refractivity contribution is 5.80. The first kappa shape index (κ1) is 14.7. The summed E-state index contributed by atoms with van der Waals surface area (Å²) in [7, 11) is 0. The number of nitrogens with zero attached hydrogens (tertiary/aromatic N) is 2. The zero-order valence-electron chi connectivity index (χ0n) is 12.2. The van der Waals surface area contributed by atoms with Crippen molar-refractivity contribution in [2.45, 2.75) is 19.0 Å². The van der Waals surface area contributed by atoms with Crippen LogP contribution in [0.5, 0.6) is 0 Å². The molecule has 22 heavy (non-hydrogen) atoms. The average Bonchev–Trinajstić information content (AvgIpc) is 2.52. The Bertz CT molecular complexity index is 778. The van der Waals surface area contributed by atoms with E-state index in [9.17, 15) is 9.18 Å². The lowest BCUT2D eigenvalue weighted by molar-refractivity contribution is 0.177. The fraction of sp³-hybridized carbons (Fsp3) is 0.353. The summed E-state index contributed by atoms with van der Waals surface area (Å²) in [4.78, 5) is 17.0. The molecule has 1 saturated heterocycles. The van der Waals surface area contributed by atoms with E-state index >= 15 is 0 Å². The van der Waals surface area contributed by atoms with Crippen LogP contribution < -0.4 is 5.56 Å². The van der Waals surface area contributed by atoms with E-state index in [1.165, 1.54) is 0 Å². The minimum absolute atomic E-state index is 0.136. The van der Waals surface area contributed by atoms with E-state index in [1.54, 1.807) is 18.6 Å². The molecule has 1 N–H and O–H groups in total. The second kappa shape index (κ2) is 6.29. The van der Waals surface area contributed by atoms with Crippen molar-refractivity contribution in [3.8, 4) is 6.07 Å². The van der Waals surface area contributed by atoms with Crippen molar-refractivity contribution in [2.24, 2.45) is 0 Å². The van der Waals surface area contributed by atoms with Gasteiger partial charge in [0.05, 0.1) is 11.6 Å². The zero-order chi connectivity index (χ0) is 15.5. The fourth-order valence-electron chi connectivity index (χ4n) is 2.83. The summed E-state index contributed by atoms with van der Waals surface area (Å²) in [5.74, 6) is 0. The Morgan fingerprint density at radius 2 is 2.27 bits per heavy atom. The van der Waals surface area contributed by atoms with Crippen LogP contribution in [0.15, 0.2) is 29.1 Å². The van der Waals surface area contributed by atoms with Gasteiger partial charge in [-0.3, -0.25) is 4.79 Å². The van der Waals surface area contributed by atoms with E-state index in [0.717, 1.165) is 18.4 Å². The SMILES string of the molecule is N#Cc1ccc2cc(CCN3CC[CH]C(F)C3)c(=O)[nH]c2c1. The van der Waals surface area contributed by atoms with Gasteiger partial charge in [-0.05, 0) is 49.4 Å². The molecule has 0 saturated carbocycles. The van der Waals surface area contributed by atoms with E-state index in [4.69, 9.17) is 5.26 Å². The fourth-order valence-corrected chi connectivity index (χ4v) is 2.83. The highest BCUT2D eigenvalue weighted by Gasteiger charge is 2.19. The van der Waals surface area contributed by atoms with Crippen LogP contribution >= 0.6 is 0 Å². The molecule has 1 aliphatic heterocycles. The quantitative estimate of drug-likeness (QED) is 0.945. The van der Waals surface area contributed by atoms with Gasteiger partial charge in [0, 0.05) is 24.2 Å². The highest BCUT2D eigenvalue weighted by Crippen LogP contribution is 2.15. The maximum absolute atomic E-state index is 13.3. The molecule has 1 radical (unpaired) electrons. The molecular weight excluding hydrogens is 281 g/mol. The Hall–Kier alpha value is -2.19. The molecule has 3 rings (SSSR count). The van der Waals surface area contributed by atoms with Gasteiger partial charge in [0.2, 0.25) is 0 Å². The van der Waals surface area contributed by atoms with Gasteiger partial charge in [0.1, 0.15) is 6.17 Å². The Morgan fingerprint density at radius 3 is 3.05 bits per heavy atom. The van der Waals surface area contributed by atoms with Crippen LogP contribution in [0.25, 0.3) is 10.9 Å². The number of hydrogen-bond donors (Lipinski definition) is 1. The van der Waals surface area contributed by atoms with Crippen molar-refractivity contribution in [2.75, 3.05) is 19.6 Å². The number of alkyl halides is 1. The summed E-state index contributed by atoms with van der Waals surface area (Å²) in [6.45, 7) is 1.94. The lowest BCUT2D eigenvalue weighted by Gasteiger charge is -2.28. The van der Waals surface area contributed by atoms with Crippen molar-refractivity contribution >= 4 is 10.9 Å². The molecule has 5 heteroatoms. The first-order valence-electron chi connectivity index (χ1n) is 7.41. The Kier molecular flexibility index (Phi) is 4.21. The number of halogens is 1. The predicted molar refractivity (Wildman–Crippen MR) is 83.2 cm³/mol. The topological polar surface area (TPSA) is 59.9 Å². The lowest BCUT2D eigenvalue weighted by Crippen LogP contribution is -2.38. The number of aromatic amines is 1. The highest BCUT2D eigenvalue weighted by atomic mass is 19.1. The van der Waals surface area contributed by atoms with Crippen molar-refractivity contribution < 1.29 is 4.39 Å². The van der Waals surface area contributed by atoms with E-state index in [-0.39, 0.29) is 5.56 Å². The summed E-state index contributed by atoms with van der Waals surface area (Å²) in [6.07, 6.45) is 2.18. The maximum atomic E-state index is 13.3. The average molecular weight is 298 g/mol. The number of H-pyrrole nitrogens is 1. The van der Waals surface area contributed by atoms with Crippen LogP contribution in [0.4, 0.5) is 4.39 Å². The smallest absolute Gasteiger partial charge is 0.251 e. The molecule has 1 aromatic heterocycles. The lowest BCUT2D eigenvalue weighted by atomic mass is 10.1. The Labute approximate surface area is 128 Å². The Balaban J connectivity index is 1.78. The molecular formula is C17H17FN3O. The summed E-state index contributed by atoms with van der Waals surface area (Å²) in [5, 5.41) is 9.80. The van der Waals surface area contributed by atoms with Gasteiger partial charge in [-0.25, -0.2) is 4.39 Å². The van der Waals surface area contributed by atoms with Crippen LogP contribution in [0, 0.1) is 17.8 Å². The van der Waals surface area contributed by atoms with Gasteiger partial charge < -0.3 is 9.88 Å². The number of likely N-dealkylation sites (tertiary alicyclic amines) is 1. The molecule has 2 heterocycles. The largest absolute Gasteiger partial charge is 0.322 e. The second-order valence-electron chi connectivity index (χ2n) is 5.63. The van der Waals surface area contributed by atoms with Gasteiger partial charge in [-0.2, -0.15) is 5.26 Å². The number of fused-ring (bicyclic) bond motifs is 1. The molecule has 0 amide bonds. The van der Waals surface area contributed by atoms with E-state index < -0.39 is 6.17 Å². The van der Waals surface area contributed by atoms with Crippen molar-refractivity contribution in [3.05, 3.63) is 52.2 Å². The van der Waals surface area contributed by atoms with Crippen molar-refractivity contribution in [1.29, 1.82) is 5.26 Å².